The summed E-state index contributed by atoms with van der Waals surface area (Å²) >= 11 is 3.66. The molecule has 5 nitrogen and oxygen atoms in total. The van der Waals surface area contributed by atoms with Gasteiger partial charge in [-0.3, -0.25) is 9.58 Å². The molecule has 6 heteroatoms. The van der Waals surface area contributed by atoms with Gasteiger partial charge in [0, 0.05) is 19.1 Å². The summed E-state index contributed by atoms with van der Waals surface area (Å²) in [5.41, 5.74) is 1.19. The summed E-state index contributed by atoms with van der Waals surface area (Å²) in [6, 6.07) is 0.488. The first-order valence-corrected chi connectivity index (χ1v) is 8.68. The number of hydrogen-bond acceptors (Lipinski definition) is 4. The van der Waals surface area contributed by atoms with Gasteiger partial charge in [0.05, 0.1) is 35.1 Å². The summed E-state index contributed by atoms with van der Waals surface area (Å²) in [4.78, 5) is 2.45. The van der Waals surface area contributed by atoms with Crippen molar-refractivity contribution in [2.45, 2.75) is 45.9 Å². The maximum Gasteiger partial charge on any atom is 0.0912 e. The SMILES string of the molecule is CCNC(c1c(Br)cnn1C(C)C)C1CN(CC)CCO1. The summed E-state index contributed by atoms with van der Waals surface area (Å²) < 4.78 is 9.22. The third-order valence-corrected chi connectivity index (χ3v) is 4.60. The van der Waals surface area contributed by atoms with Crippen molar-refractivity contribution in [3.63, 3.8) is 0 Å². The highest BCUT2D eigenvalue weighted by atomic mass is 79.9. The van der Waals surface area contributed by atoms with E-state index >= 15 is 0 Å². The molecule has 0 saturated carbocycles. The molecule has 120 valence electrons. The molecule has 1 aromatic heterocycles. The average molecular weight is 359 g/mol. The van der Waals surface area contributed by atoms with Crippen LogP contribution in [0, 0.1) is 0 Å². The van der Waals surface area contributed by atoms with Gasteiger partial charge in [-0.1, -0.05) is 13.8 Å². The number of halogens is 1. The Morgan fingerprint density at radius 1 is 1.48 bits per heavy atom. The smallest absolute Gasteiger partial charge is 0.0912 e. The van der Waals surface area contributed by atoms with E-state index in [1.165, 1.54) is 5.69 Å². The van der Waals surface area contributed by atoms with Crippen LogP contribution in [-0.2, 0) is 4.74 Å². The van der Waals surface area contributed by atoms with Gasteiger partial charge < -0.3 is 10.1 Å². The molecule has 1 saturated heterocycles. The van der Waals surface area contributed by atoms with Gasteiger partial charge in [-0.15, -0.1) is 0 Å². The molecule has 1 N–H and O–H groups in total. The molecule has 1 fully saturated rings. The zero-order valence-electron chi connectivity index (χ0n) is 13.5. The first-order valence-electron chi connectivity index (χ1n) is 7.88. The van der Waals surface area contributed by atoms with E-state index in [4.69, 9.17) is 4.74 Å². The summed E-state index contributed by atoms with van der Waals surface area (Å²) in [6.45, 7) is 13.4. The van der Waals surface area contributed by atoms with E-state index in [9.17, 15) is 0 Å². The second kappa shape index (κ2) is 7.72. The van der Waals surface area contributed by atoms with Crippen LogP contribution in [0.2, 0.25) is 0 Å². The van der Waals surface area contributed by atoms with Crippen LogP contribution < -0.4 is 5.32 Å². The Labute approximate surface area is 136 Å². The van der Waals surface area contributed by atoms with Crippen LogP contribution in [0.3, 0.4) is 0 Å². The fourth-order valence-corrected chi connectivity index (χ4v) is 3.42. The lowest BCUT2D eigenvalue weighted by Gasteiger charge is -2.37. The van der Waals surface area contributed by atoms with Gasteiger partial charge in [0.2, 0.25) is 0 Å². The number of rotatable bonds is 6. The number of likely N-dealkylation sites (N-methyl/N-ethyl adjacent to an activating group) is 2. The number of nitrogens with zero attached hydrogens (tertiary/aromatic N) is 3. The number of ether oxygens (including phenoxy) is 1. The topological polar surface area (TPSA) is 42.3 Å². The monoisotopic (exact) mass is 358 g/mol. The van der Waals surface area contributed by atoms with Crippen molar-refractivity contribution >= 4 is 15.9 Å². The third kappa shape index (κ3) is 3.86. The number of aromatic nitrogens is 2. The summed E-state index contributed by atoms with van der Waals surface area (Å²) in [5, 5.41) is 8.11. The van der Waals surface area contributed by atoms with Crippen molar-refractivity contribution < 1.29 is 4.74 Å². The van der Waals surface area contributed by atoms with Crippen molar-refractivity contribution in [2.75, 3.05) is 32.8 Å². The Balaban J connectivity index is 2.28. The van der Waals surface area contributed by atoms with Crippen LogP contribution in [0.5, 0.6) is 0 Å². The summed E-state index contributed by atoms with van der Waals surface area (Å²) in [5.74, 6) is 0. The van der Waals surface area contributed by atoms with Gasteiger partial charge in [-0.2, -0.15) is 5.10 Å². The highest BCUT2D eigenvalue weighted by molar-refractivity contribution is 9.10. The van der Waals surface area contributed by atoms with Gasteiger partial charge in [-0.05, 0) is 42.9 Å². The summed E-state index contributed by atoms with van der Waals surface area (Å²) in [7, 11) is 0. The molecular weight excluding hydrogens is 332 g/mol. The molecule has 0 aliphatic carbocycles. The maximum absolute atomic E-state index is 6.07. The second-order valence-corrected chi connectivity index (χ2v) is 6.61. The molecule has 0 spiro atoms. The largest absolute Gasteiger partial charge is 0.374 e. The van der Waals surface area contributed by atoms with E-state index in [-0.39, 0.29) is 12.1 Å². The molecule has 0 aromatic carbocycles. The quantitative estimate of drug-likeness (QED) is 0.848. The van der Waals surface area contributed by atoms with Gasteiger partial charge in [0.1, 0.15) is 0 Å². The van der Waals surface area contributed by atoms with Gasteiger partial charge in [-0.25, -0.2) is 0 Å². The second-order valence-electron chi connectivity index (χ2n) is 5.75. The van der Waals surface area contributed by atoms with Crippen molar-refractivity contribution in [3.05, 3.63) is 16.4 Å². The number of nitrogens with one attached hydrogen (secondary N) is 1. The third-order valence-electron chi connectivity index (χ3n) is 3.99. The summed E-state index contributed by atoms with van der Waals surface area (Å²) in [6.07, 6.45) is 2.05. The normalized spacial score (nSPS) is 21.9. The molecule has 2 heterocycles. The first kappa shape index (κ1) is 16.9. The van der Waals surface area contributed by atoms with Gasteiger partial charge in [0.15, 0.2) is 0 Å². The Hall–Kier alpha value is -0.430. The lowest BCUT2D eigenvalue weighted by atomic mass is 10.0. The minimum Gasteiger partial charge on any atom is -0.374 e. The van der Waals surface area contributed by atoms with Crippen LogP contribution in [0.25, 0.3) is 0 Å². The zero-order valence-corrected chi connectivity index (χ0v) is 15.1. The van der Waals surface area contributed by atoms with Crippen molar-refractivity contribution in [1.82, 2.24) is 20.0 Å². The van der Waals surface area contributed by atoms with Gasteiger partial charge >= 0.3 is 0 Å². The predicted octanol–water partition coefficient (Wildman–Crippen LogP) is 2.60. The average Bonchev–Trinajstić information content (AvgIpc) is 2.86. The Morgan fingerprint density at radius 3 is 2.86 bits per heavy atom. The molecule has 0 bridgehead atoms. The fourth-order valence-electron chi connectivity index (χ4n) is 2.90. The number of morpholine rings is 1. The van der Waals surface area contributed by atoms with Crippen molar-refractivity contribution in [1.29, 1.82) is 0 Å². The Kier molecular flexibility index (Phi) is 6.22. The minimum absolute atomic E-state index is 0.156. The maximum atomic E-state index is 6.07. The number of hydrogen-bond donors (Lipinski definition) is 1. The fraction of sp³-hybridized carbons (Fsp3) is 0.800. The molecule has 0 radical (unpaired) electrons. The molecule has 1 aromatic rings. The van der Waals surface area contributed by atoms with Crippen LogP contribution in [0.4, 0.5) is 0 Å². The van der Waals surface area contributed by atoms with Crippen molar-refractivity contribution in [2.24, 2.45) is 0 Å². The van der Waals surface area contributed by atoms with Crippen LogP contribution >= 0.6 is 15.9 Å². The highest BCUT2D eigenvalue weighted by Crippen LogP contribution is 2.30. The molecule has 2 unspecified atom stereocenters. The standard InChI is InChI=1S/C15H27BrN4O/c1-5-17-14(13-10-19(6-2)7-8-21-13)15-12(16)9-18-20(15)11(3)4/h9,11,13-14,17H,5-8,10H2,1-4H3. The lowest BCUT2D eigenvalue weighted by molar-refractivity contribution is -0.0469. The molecule has 2 rings (SSSR count). The molecular formula is C15H27BrN4O. The first-order chi connectivity index (χ1) is 10.1. The minimum atomic E-state index is 0.156. The van der Waals surface area contributed by atoms with E-state index in [1.54, 1.807) is 0 Å². The Morgan fingerprint density at radius 2 is 2.24 bits per heavy atom. The van der Waals surface area contributed by atoms with Crippen LogP contribution in [0.1, 0.15) is 45.5 Å². The lowest BCUT2D eigenvalue weighted by Crippen LogP contribution is -2.48. The Bertz CT molecular complexity index is 449. The predicted molar refractivity (Wildman–Crippen MR) is 88.6 cm³/mol. The molecule has 2 atom stereocenters. The van der Waals surface area contributed by atoms with Crippen molar-refractivity contribution in [3.8, 4) is 0 Å². The molecule has 1 aliphatic rings. The molecule has 0 amide bonds. The van der Waals surface area contributed by atoms with E-state index < -0.39 is 0 Å². The molecule has 21 heavy (non-hydrogen) atoms. The van der Waals surface area contributed by atoms with E-state index in [0.29, 0.717) is 6.04 Å². The van der Waals surface area contributed by atoms with E-state index in [0.717, 1.165) is 37.3 Å². The van der Waals surface area contributed by atoms with Crippen LogP contribution in [-0.4, -0.2) is 53.6 Å². The zero-order chi connectivity index (χ0) is 15.4. The molecule has 1 aliphatic heterocycles. The van der Waals surface area contributed by atoms with E-state index in [2.05, 4.69) is 63.6 Å². The van der Waals surface area contributed by atoms with Gasteiger partial charge in [0.25, 0.3) is 0 Å². The van der Waals surface area contributed by atoms with E-state index in [1.807, 2.05) is 6.20 Å². The highest BCUT2D eigenvalue weighted by Gasteiger charge is 2.32. The van der Waals surface area contributed by atoms with Crippen LogP contribution in [0.15, 0.2) is 10.7 Å².